The minimum Gasteiger partial charge on any atom is -0.508 e. The van der Waals surface area contributed by atoms with Crippen LogP contribution in [0.1, 0.15) is 40.2 Å². The minimum absolute atomic E-state index is 0.00878. The lowest BCUT2D eigenvalue weighted by Crippen LogP contribution is -2.28. The van der Waals surface area contributed by atoms with Crippen molar-refractivity contribution in [2.75, 3.05) is 4.90 Å². The maximum absolute atomic E-state index is 14.1. The number of phenols is 1. The van der Waals surface area contributed by atoms with Crippen LogP contribution in [0.15, 0.2) is 53.2 Å². The number of amides is 1. The van der Waals surface area contributed by atoms with E-state index in [1.54, 1.807) is 6.92 Å². The molecule has 9 nitrogen and oxygen atoms in total. The van der Waals surface area contributed by atoms with Crippen LogP contribution in [0.2, 0.25) is 0 Å². The monoisotopic (exact) mass is 448 g/mol. The van der Waals surface area contributed by atoms with Gasteiger partial charge in [0.15, 0.2) is 5.52 Å². The first kappa shape index (κ1) is 20.6. The van der Waals surface area contributed by atoms with Gasteiger partial charge >= 0.3 is 5.69 Å². The van der Waals surface area contributed by atoms with Crippen LogP contribution in [0.25, 0.3) is 11.0 Å². The number of benzene rings is 3. The molecule has 0 saturated heterocycles. The zero-order valence-electron chi connectivity index (χ0n) is 17.4. The number of hydrogen-bond acceptors (Lipinski definition) is 7. The highest BCUT2D eigenvalue weighted by Gasteiger charge is 2.33. The van der Waals surface area contributed by atoms with Crippen molar-refractivity contribution in [2.24, 2.45) is 0 Å². The Morgan fingerprint density at radius 3 is 2.55 bits per heavy atom. The van der Waals surface area contributed by atoms with Gasteiger partial charge in [0, 0.05) is 11.6 Å². The highest BCUT2D eigenvalue weighted by molar-refractivity contribution is 6.15. The second-order valence-electron chi connectivity index (χ2n) is 7.94. The number of aryl methyl sites for hydroxylation is 1. The topological polar surface area (TPSA) is 123 Å². The predicted octanol–water partition coefficient (Wildman–Crippen LogP) is 5.14. The summed E-state index contributed by atoms with van der Waals surface area (Å²) in [7, 11) is 0. The van der Waals surface area contributed by atoms with E-state index in [0.717, 1.165) is 12.8 Å². The van der Waals surface area contributed by atoms with Crippen LogP contribution in [-0.2, 0) is 0 Å². The number of nitro benzene ring substituents is 1. The number of non-ortho nitro benzene ring substituents is 1. The molecule has 1 heterocycles. The Morgan fingerprint density at radius 2 is 1.85 bits per heavy atom. The van der Waals surface area contributed by atoms with Crippen molar-refractivity contribution in [3.8, 4) is 5.75 Å². The van der Waals surface area contributed by atoms with E-state index in [0.29, 0.717) is 22.4 Å². The highest BCUT2D eigenvalue weighted by atomic mass is 19.1. The number of aromatic nitrogens is 2. The summed E-state index contributed by atoms with van der Waals surface area (Å²) in [5.41, 5.74) is 1.73. The average molecular weight is 448 g/mol. The Kier molecular flexibility index (Phi) is 4.77. The number of carbonyl (C=O) groups is 1. The summed E-state index contributed by atoms with van der Waals surface area (Å²) in [6, 6.07) is 11.1. The van der Waals surface area contributed by atoms with E-state index in [4.69, 9.17) is 4.63 Å². The van der Waals surface area contributed by atoms with Crippen molar-refractivity contribution in [1.29, 1.82) is 0 Å². The van der Waals surface area contributed by atoms with Crippen LogP contribution in [0.5, 0.6) is 5.75 Å². The number of halogens is 1. The summed E-state index contributed by atoms with van der Waals surface area (Å²) in [5.74, 6) is -0.796. The first-order chi connectivity index (χ1) is 15.8. The van der Waals surface area contributed by atoms with E-state index in [9.17, 15) is 24.4 Å². The lowest BCUT2D eigenvalue weighted by molar-refractivity contribution is -0.383. The molecule has 3 aromatic carbocycles. The van der Waals surface area contributed by atoms with Crippen LogP contribution in [0, 0.1) is 22.9 Å². The van der Waals surface area contributed by atoms with Gasteiger partial charge in [-0.1, -0.05) is 0 Å². The summed E-state index contributed by atoms with van der Waals surface area (Å²) < 4.78 is 18.9. The normalized spacial score (nSPS) is 13.3. The Balaban J connectivity index is 1.77. The molecule has 0 atom stereocenters. The third-order valence-corrected chi connectivity index (χ3v) is 5.70. The fourth-order valence-electron chi connectivity index (χ4n) is 3.98. The molecule has 4 aromatic rings. The lowest BCUT2D eigenvalue weighted by Gasteiger charge is -2.26. The van der Waals surface area contributed by atoms with Gasteiger partial charge in [0.25, 0.3) is 5.91 Å². The molecule has 0 spiro atoms. The van der Waals surface area contributed by atoms with Crippen molar-refractivity contribution in [3.05, 3.63) is 81.2 Å². The molecule has 1 fully saturated rings. The largest absolute Gasteiger partial charge is 0.508 e. The van der Waals surface area contributed by atoms with E-state index in [1.807, 2.05) is 0 Å². The summed E-state index contributed by atoms with van der Waals surface area (Å²) >= 11 is 0. The van der Waals surface area contributed by atoms with Crippen molar-refractivity contribution < 1.29 is 23.8 Å². The highest BCUT2D eigenvalue weighted by Crippen LogP contribution is 2.47. The Labute approximate surface area is 186 Å². The van der Waals surface area contributed by atoms with Crippen LogP contribution < -0.4 is 4.90 Å². The maximum Gasteiger partial charge on any atom is 0.300 e. The number of hydrogen-bond donors (Lipinski definition) is 1. The van der Waals surface area contributed by atoms with Crippen molar-refractivity contribution in [3.63, 3.8) is 0 Å². The fraction of sp³-hybridized carbons (Fsp3) is 0.174. The Hall–Kier alpha value is -4.34. The number of nitrogens with zero attached hydrogens (tertiary/aromatic N) is 4. The van der Waals surface area contributed by atoms with Gasteiger partial charge < -0.3 is 5.11 Å². The van der Waals surface area contributed by atoms with E-state index >= 15 is 0 Å². The van der Waals surface area contributed by atoms with Crippen LogP contribution >= 0.6 is 0 Å². The Morgan fingerprint density at radius 1 is 1.12 bits per heavy atom. The number of fused-ring (bicyclic) bond motifs is 1. The molecule has 1 aliphatic rings. The van der Waals surface area contributed by atoms with Gasteiger partial charge in [-0.2, -0.15) is 0 Å². The first-order valence-corrected chi connectivity index (χ1v) is 10.2. The molecule has 1 aliphatic carbocycles. The Bertz CT molecular complexity index is 1430. The average Bonchev–Trinajstić information content (AvgIpc) is 3.50. The first-order valence-electron chi connectivity index (χ1n) is 10.2. The van der Waals surface area contributed by atoms with Gasteiger partial charge in [0.05, 0.1) is 16.3 Å². The molecule has 1 aromatic heterocycles. The van der Waals surface area contributed by atoms with Crippen molar-refractivity contribution in [1.82, 2.24) is 10.3 Å². The molecule has 0 aliphatic heterocycles. The SMILES string of the molecule is Cc1cc(O)ccc1C(=O)N(c1ccc(F)cc1C1CC1)c1ccc([N+](=O)[O-])c2nonc12. The predicted molar refractivity (Wildman–Crippen MR) is 116 cm³/mol. The molecule has 0 unspecified atom stereocenters. The summed E-state index contributed by atoms with van der Waals surface area (Å²) in [4.78, 5) is 26.1. The zero-order valence-corrected chi connectivity index (χ0v) is 17.4. The third-order valence-electron chi connectivity index (χ3n) is 5.70. The summed E-state index contributed by atoms with van der Waals surface area (Å²) in [6.45, 7) is 1.68. The number of carbonyl (C=O) groups excluding carboxylic acids is 1. The lowest BCUT2D eigenvalue weighted by atomic mass is 10.0. The molecule has 5 rings (SSSR count). The second kappa shape index (κ2) is 7.66. The van der Waals surface area contributed by atoms with Gasteiger partial charge in [0.1, 0.15) is 11.6 Å². The van der Waals surface area contributed by atoms with Gasteiger partial charge in [-0.3, -0.25) is 19.8 Å². The molecule has 1 amide bonds. The van der Waals surface area contributed by atoms with Crippen molar-refractivity contribution >= 4 is 34.0 Å². The fourth-order valence-corrected chi connectivity index (χ4v) is 3.98. The van der Waals surface area contributed by atoms with Crippen LogP contribution in [0.4, 0.5) is 21.5 Å². The summed E-state index contributed by atoms with van der Waals surface area (Å²) in [6.07, 6.45) is 1.72. The van der Waals surface area contributed by atoms with E-state index < -0.39 is 16.6 Å². The number of phenolic OH excluding ortho intramolecular Hbond substituents is 1. The quantitative estimate of drug-likeness (QED) is 0.331. The van der Waals surface area contributed by atoms with Gasteiger partial charge in [-0.05, 0) is 89.6 Å². The number of aromatic hydroxyl groups is 1. The van der Waals surface area contributed by atoms with Crippen LogP contribution in [-0.4, -0.2) is 26.3 Å². The molecule has 0 radical (unpaired) electrons. The molecule has 1 N–H and O–H groups in total. The van der Waals surface area contributed by atoms with E-state index in [-0.39, 0.29) is 34.1 Å². The minimum atomic E-state index is -0.611. The van der Waals surface area contributed by atoms with Gasteiger partial charge in [0.2, 0.25) is 5.52 Å². The molecule has 10 heteroatoms. The number of rotatable bonds is 5. The van der Waals surface area contributed by atoms with E-state index in [1.165, 1.54) is 53.4 Å². The third kappa shape index (κ3) is 3.55. The summed E-state index contributed by atoms with van der Waals surface area (Å²) in [5, 5.41) is 28.7. The molecule has 166 valence electrons. The second-order valence-corrected chi connectivity index (χ2v) is 7.94. The number of nitro groups is 1. The van der Waals surface area contributed by atoms with E-state index in [2.05, 4.69) is 10.3 Å². The molecule has 33 heavy (non-hydrogen) atoms. The zero-order chi connectivity index (χ0) is 23.3. The standard InChI is InChI=1S/C23H17FN4O5/c1-12-10-15(29)5-6-16(12)23(30)27(18-7-4-14(24)11-17(18)13-2-3-13)19-8-9-20(28(31)32)22-21(19)25-33-26-22/h4-11,13,29H,2-3H2,1H3. The van der Waals surface area contributed by atoms with Gasteiger partial charge in [-0.15, -0.1) is 0 Å². The maximum atomic E-state index is 14.1. The smallest absolute Gasteiger partial charge is 0.300 e. The molecule has 1 saturated carbocycles. The van der Waals surface area contributed by atoms with Crippen LogP contribution in [0.3, 0.4) is 0 Å². The number of anilines is 2. The van der Waals surface area contributed by atoms with Crippen molar-refractivity contribution in [2.45, 2.75) is 25.7 Å². The molecular weight excluding hydrogens is 431 g/mol. The molecule has 0 bridgehead atoms. The van der Waals surface area contributed by atoms with Gasteiger partial charge in [-0.25, -0.2) is 9.02 Å². The molecular formula is C23H17FN4O5.